The molecular weight excluding hydrogens is 1730 g/mol. The van der Waals surface area contributed by atoms with Crippen LogP contribution in [0.2, 0.25) is 0 Å². The molecule has 5 heteroatoms. The fourth-order valence-corrected chi connectivity index (χ4v) is 29.2. The molecule has 9 saturated carbocycles. The molecule has 808 valence electrons. The predicted octanol–water partition coefficient (Wildman–Crippen LogP) is 43.3. The fraction of sp³-hybridized carbons (Fsp3) is 0.822. The minimum absolute atomic E-state index is 0.237. The summed E-state index contributed by atoms with van der Waals surface area (Å²) in [5.41, 5.74) is 15.8. The van der Waals surface area contributed by atoms with Gasteiger partial charge < -0.3 is 14.2 Å². The lowest BCUT2D eigenvalue weighted by molar-refractivity contribution is 0.0509. The van der Waals surface area contributed by atoms with Crippen molar-refractivity contribution in [2.75, 3.05) is 65.2 Å². The van der Waals surface area contributed by atoms with Crippen LogP contribution in [0.25, 0.3) is 0 Å². The lowest BCUT2D eigenvalue weighted by Gasteiger charge is -2.46. The maximum atomic E-state index is 5.36. The Morgan fingerprint density at radius 1 is 0.236 bits per heavy atom. The molecule has 0 saturated heterocycles. The van der Waals surface area contributed by atoms with E-state index in [1.54, 1.807) is 30.9 Å². The Labute approximate surface area is 884 Å². The van der Waals surface area contributed by atoms with Gasteiger partial charge in [0.25, 0.3) is 0 Å². The van der Waals surface area contributed by atoms with Crippen LogP contribution < -0.4 is 0 Å². The second kappa shape index (κ2) is 57.1. The van der Waals surface area contributed by atoms with E-state index in [2.05, 4.69) is 348 Å². The second-order valence-corrected chi connectivity index (χ2v) is 58.8. The summed E-state index contributed by atoms with van der Waals surface area (Å²) in [6.07, 6.45) is 73.8. The summed E-state index contributed by atoms with van der Waals surface area (Å²) in [6.45, 7) is 78.4. The average molecular weight is 1970 g/mol. The molecule has 4 aromatic carbocycles. The average Bonchev–Trinajstić information content (AvgIpc) is 1.51. The van der Waals surface area contributed by atoms with Crippen molar-refractivity contribution in [3.8, 4) is 0 Å². The Bertz CT molecular complexity index is 3630. The van der Waals surface area contributed by atoms with E-state index in [4.69, 9.17) is 14.2 Å². The Morgan fingerprint density at radius 3 is 0.743 bits per heavy atom. The molecular formula is C135H238O3S2. The van der Waals surface area contributed by atoms with Gasteiger partial charge in [0.1, 0.15) is 0 Å². The van der Waals surface area contributed by atoms with Crippen LogP contribution in [0.3, 0.4) is 0 Å². The summed E-state index contributed by atoms with van der Waals surface area (Å²) in [5.74, 6) is 2.59. The van der Waals surface area contributed by atoms with Gasteiger partial charge in [-0.05, 0) is 335 Å². The van der Waals surface area contributed by atoms with Gasteiger partial charge in [0.2, 0.25) is 0 Å². The normalized spacial score (nSPS) is 22.9. The number of hydrogen-bond acceptors (Lipinski definition) is 5. The van der Waals surface area contributed by atoms with E-state index >= 15 is 0 Å². The van der Waals surface area contributed by atoms with Crippen molar-refractivity contribution < 1.29 is 14.2 Å². The molecule has 5 atom stereocenters. The van der Waals surface area contributed by atoms with Gasteiger partial charge in [-0.2, -0.15) is 23.5 Å². The number of unbranched alkanes of at least 4 members (excludes halogenated alkanes) is 2. The SMILES string of the molecule is CC(C)(C)CCC(C)(C)C1(C)CCCC1.CC(C)(C)CC[C@](C)(c1ccccc1)C1(C)CCCC1.CCCCC(C)(C)C1(C)CCCC1.CCCC[C@](C)(c1ccccc1)C1(C)CCCC1.COCCC(C)(C)C1(C)CCCC1.COCC[C@](C)(c1ccccc1)C1(C)CCCC1.COCC[C@]1(C)CCCC1(C)C.CSCCC(C)(C)C1(C)CCCC1.CSCC[C@](C)(c1ccccc1)C1(C)CCCC1. The van der Waals surface area contributed by atoms with Gasteiger partial charge in [0.15, 0.2) is 0 Å². The zero-order chi connectivity index (χ0) is 105. The van der Waals surface area contributed by atoms with Crippen LogP contribution >= 0.6 is 23.5 Å². The van der Waals surface area contributed by atoms with Crippen molar-refractivity contribution in [2.45, 2.75) is 557 Å². The van der Waals surface area contributed by atoms with Crippen LogP contribution in [0.15, 0.2) is 121 Å². The first-order valence-electron chi connectivity index (χ1n) is 59.0. The molecule has 0 spiro atoms. The number of hydrogen-bond donors (Lipinski definition) is 0. The lowest BCUT2D eigenvalue weighted by Crippen LogP contribution is -2.40. The van der Waals surface area contributed by atoms with E-state index < -0.39 is 0 Å². The van der Waals surface area contributed by atoms with Crippen LogP contribution in [0.1, 0.15) is 558 Å². The van der Waals surface area contributed by atoms with Crippen LogP contribution in [-0.2, 0) is 35.9 Å². The molecule has 140 heavy (non-hydrogen) atoms. The largest absolute Gasteiger partial charge is 0.385 e. The quantitative estimate of drug-likeness (QED) is 0.0449. The van der Waals surface area contributed by atoms with E-state index in [1.807, 2.05) is 30.6 Å². The Hall–Kier alpha value is -2.54. The molecule has 0 aliphatic heterocycles. The molecule has 0 amide bonds. The summed E-state index contributed by atoms with van der Waals surface area (Å²) in [6, 6.07) is 44.7. The van der Waals surface area contributed by atoms with E-state index in [1.165, 1.54) is 332 Å². The molecule has 0 aromatic heterocycles. The smallest absolute Gasteiger partial charge is 0.0470 e. The van der Waals surface area contributed by atoms with Crippen molar-refractivity contribution in [1.82, 2.24) is 0 Å². The van der Waals surface area contributed by atoms with Gasteiger partial charge >= 0.3 is 0 Å². The highest BCUT2D eigenvalue weighted by atomic mass is 32.2. The van der Waals surface area contributed by atoms with Crippen molar-refractivity contribution in [1.29, 1.82) is 0 Å². The lowest BCUT2D eigenvalue weighted by atomic mass is 9.58. The third-order valence-electron chi connectivity index (χ3n) is 43.7. The maximum Gasteiger partial charge on any atom is 0.0470 e. The number of methoxy groups -OCH3 is 3. The van der Waals surface area contributed by atoms with Gasteiger partial charge in [-0.3, -0.25) is 0 Å². The van der Waals surface area contributed by atoms with Crippen LogP contribution in [0.5, 0.6) is 0 Å². The molecule has 0 radical (unpaired) electrons. The summed E-state index contributed by atoms with van der Waals surface area (Å²) < 4.78 is 15.7. The van der Waals surface area contributed by atoms with Crippen LogP contribution in [-0.4, -0.2) is 65.2 Å². The van der Waals surface area contributed by atoms with Crippen molar-refractivity contribution >= 4 is 23.5 Å². The molecule has 9 fully saturated rings. The monoisotopic (exact) mass is 1970 g/mol. The first-order chi connectivity index (χ1) is 65.4. The zero-order valence-electron chi connectivity index (χ0n) is 100. The summed E-state index contributed by atoms with van der Waals surface area (Å²) in [4.78, 5) is 0. The molecule has 4 aromatic rings. The highest BCUT2D eigenvalue weighted by Crippen LogP contribution is 2.63. The molecule has 0 N–H and O–H groups in total. The Balaban J connectivity index is 0.000000279. The number of ether oxygens (including phenoxy) is 3. The van der Waals surface area contributed by atoms with E-state index in [0.29, 0.717) is 103 Å². The van der Waals surface area contributed by atoms with Gasteiger partial charge in [-0.15, -0.1) is 0 Å². The van der Waals surface area contributed by atoms with Gasteiger partial charge in [-0.25, -0.2) is 0 Å². The highest BCUT2D eigenvalue weighted by Gasteiger charge is 2.53. The Kier molecular flexibility index (Phi) is 52.1. The summed E-state index contributed by atoms with van der Waals surface area (Å²) >= 11 is 3.97. The molecule has 13 rings (SSSR count). The number of thioether (sulfide) groups is 2. The minimum atomic E-state index is 0.237. The third kappa shape index (κ3) is 35.3. The molecule has 0 heterocycles. The fourth-order valence-electron chi connectivity index (χ4n) is 27.9. The standard InChI is InChI=1S/C20H32.C18H28.C17H26O.C17H26S.C15H30.C13H26.C12H24O.C12H24S.C11H22O/c1-18(2,3)15-16-20(5,17-11-7-6-8-12-17)19(4)13-9-10-14-19;1-4-5-15-18(3,16-11-7-6-8-12-16)17(2)13-9-10-14-17;2*1-16(11-7-8-12-16)17(2,13-14-18-3)15-9-5-4-6-10-15;1-13(2,3)11-12-14(4,5)15(6)9-7-8-10-15;1-5-6-9-12(2,3)13(4)10-7-8-11-13;2*1-11(2,9-10-13-4)12(3)7-5-6-8-12;1-10(2)6-5-7-11(10,3)8-9-12-4/h6-8,11-12H,9-10,13-16H2,1-5H3;6-8,11-12H,4-5,9-10,13-15H2,1-3H3;2*4-6,9-10H,7-8,11-14H2,1-3H3;7-12H2,1-6H3;5-11H2,1-4H3;2*5-10H2,1-4H3;5-9H2,1-4H3/t20-;18-;2*17-;;;;;11-/m1111....0/s1. The highest BCUT2D eigenvalue weighted by molar-refractivity contribution is 7.98. The number of rotatable bonds is 37. The molecule has 0 bridgehead atoms. The molecule has 9 aliphatic carbocycles. The maximum absolute atomic E-state index is 5.36. The predicted molar refractivity (Wildman–Crippen MR) is 631 cm³/mol. The van der Waals surface area contributed by atoms with Crippen LogP contribution in [0, 0.1) is 86.6 Å². The van der Waals surface area contributed by atoms with Gasteiger partial charge in [0, 0.05) is 46.6 Å². The first kappa shape index (κ1) is 128. The molecule has 3 nitrogen and oxygen atoms in total. The summed E-state index contributed by atoms with van der Waals surface area (Å²) in [5, 5.41) is 0. The van der Waals surface area contributed by atoms with Gasteiger partial charge in [0.05, 0.1) is 0 Å². The summed E-state index contributed by atoms with van der Waals surface area (Å²) in [7, 11) is 5.40. The van der Waals surface area contributed by atoms with Gasteiger partial charge in [-0.1, -0.05) is 471 Å². The topological polar surface area (TPSA) is 27.7 Å². The minimum Gasteiger partial charge on any atom is -0.385 e. The molecule has 9 aliphatic rings. The number of benzene rings is 4. The van der Waals surface area contributed by atoms with E-state index in [9.17, 15) is 0 Å². The third-order valence-corrected chi connectivity index (χ3v) is 44.9. The first-order valence-corrected chi connectivity index (χ1v) is 61.8. The second-order valence-electron chi connectivity index (χ2n) is 56.8. The van der Waals surface area contributed by atoms with E-state index in [0.717, 1.165) is 26.2 Å². The van der Waals surface area contributed by atoms with E-state index in [-0.39, 0.29) is 5.41 Å². The molecule has 0 unspecified atom stereocenters. The van der Waals surface area contributed by atoms with Crippen molar-refractivity contribution in [2.24, 2.45) is 86.6 Å². The Morgan fingerprint density at radius 2 is 0.471 bits per heavy atom. The van der Waals surface area contributed by atoms with Crippen molar-refractivity contribution in [3.63, 3.8) is 0 Å². The van der Waals surface area contributed by atoms with Crippen LogP contribution in [0.4, 0.5) is 0 Å². The zero-order valence-corrected chi connectivity index (χ0v) is 102. The van der Waals surface area contributed by atoms with Crippen molar-refractivity contribution in [3.05, 3.63) is 144 Å².